The van der Waals surface area contributed by atoms with Gasteiger partial charge in [-0.05, 0) is 42.1 Å². The molecule has 2 aromatic rings. The molecular weight excluding hydrogens is 465 g/mol. The number of nitrogens with zero attached hydrogens (tertiary/aromatic N) is 1. The van der Waals surface area contributed by atoms with Crippen molar-refractivity contribution in [3.63, 3.8) is 0 Å². The average Bonchev–Trinajstić information content (AvgIpc) is 2.59. The number of amides is 3. The van der Waals surface area contributed by atoms with Gasteiger partial charge in [-0.25, -0.2) is 13.6 Å². The second-order valence-electron chi connectivity index (χ2n) is 5.64. The SMILES string of the molecule is CN(C(=O)NC(=O)c1c(F)cccc1F)c1ccc(SC(F)(F)C(F)(F)F)cc1Cl. The summed E-state index contributed by atoms with van der Waals surface area (Å²) < 4.78 is 90.4. The van der Waals surface area contributed by atoms with Crippen LogP contribution in [0, 0.1) is 11.6 Å². The van der Waals surface area contributed by atoms with E-state index in [1.807, 2.05) is 0 Å². The monoisotopic (exact) mass is 474 g/mol. The summed E-state index contributed by atoms with van der Waals surface area (Å²) in [6.07, 6.45) is -5.79. The number of alkyl halides is 5. The molecule has 0 radical (unpaired) electrons. The van der Waals surface area contributed by atoms with Crippen molar-refractivity contribution in [3.05, 3.63) is 58.6 Å². The van der Waals surface area contributed by atoms with Gasteiger partial charge in [-0.2, -0.15) is 22.0 Å². The van der Waals surface area contributed by atoms with E-state index in [0.29, 0.717) is 4.90 Å². The van der Waals surface area contributed by atoms with Crippen molar-refractivity contribution < 1.29 is 40.3 Å². The lowest BCUT2D eigenvalue weighted by Crippen LogP contribution is -2.41. The van der Waals surface area contributed by atoms with Gasteiger partial charge in [-0.1, -0.05) is 17.7 Å². The molecule has 4 nitrogen and oxygen atoms in total. The normalized spacial score (nSPS) is 11.9. The molecule has 0 atom stereocenters. The minimum atomic E-state index is -5.79. The average molecular weight is 475 g/mol. The first-order valence-electron chi connectivity index (χ1n) is 7.70. The number of thioether (sulfide) groups is 1. The fraction of sp³-hybridized carbons (Fsp3) is 0.176. The molecule has 0 aliphatic heterocycles. The molecule has 0 saturated heterocycles. The van der Waals surface area contributed by atoms with Gasteiger partial charge in [0.25, 0.3) is 5.91 Å². The van der Waals surface area contributed by atoms with Crippen LogP contribution in [-0.4, -0.2) is 30.4 Å². The lowest BCUT2D eigenvalue weighted by Gasteiger charge is -2.21. The van der Waals surface area contributed by atoms with Crippen LogP contribution in [0.1, 0.15) is 10.4 Å². The fourth-order valence-corrected chi connectivity index (χ4v) is 3.19. The molecule has 0 spiro atoms. The maximum Gasteiger partial charge on any atom is 0.464 e. The highest BCUT2D eigenvalue weighted by Gasteiger charge is 2.58. The van der Waals surface area contributed by atoms with Crippen LogP contribution in [0.5, 0.6) is 0 Å². The van der Waals surface area contributed by atoms with E-state index in [9.17, 15) is 40.3 Å². The Morgan fingerprint density at radius 3 is 2.10 bits per heavy atom. The van der Waals surface area contributed by atoms with Gasteiger partial charge >= 0.3 is 17.5 Å². The molecule has 2 rings (SSSR count). The molecule has 0 saturated carbocycles. The van der Waals surface area contributed by atoms with E-state index in [1.165, 1.54) is 0 Å². The minimum absolute atomic E-state index is 0.171. The number of hydrogen-bond donors (Lipinski definition) is 1. The summed E-state index contributed by atoms with van der Waals surface area (Å²) in [4.78, 5) is 24.3. The van der Waals surface area contributed by atoms with Crippen molar-refractivity contribution in [2.45, 2.75) is 16.3 Å². The van der Waals surface area contributed by atoms with E-state index in [4.69, 9.17) is 11.6 Å². The molecule has 1 N–H and O–H groups in total. The van der Waals surface area contributed by atoms with Crippen molar-refractivity contribution in [2.24, 2.45) is 0 Å². The van der Waals surface area contributed by atoms with E-state index in [2.05, 4.69) is 0 Å². The highest BCUT2D eigenvalue weighted by molar-refractivity contribution is 8.00. The summed E-state index contributed by atoms with van der Waals surface area (Å²) in [5.41, 5.74) is -1.18. The quantitative estimate of drug-likeness (QED) is 0.446. The molecule has 162 valence electrons. The van der Waals surface area contributed by atoms with Crippen molar-refractivity contribution in [1.82, 2.24) is 5.32 Å². The van der Waals surface area contributed by atoms with Crippen LogP contribution in [0.2, 0.25) is 5.02 Å². The van der Waals surface area contributed by atoms with Gasteiger partial charge in [-0.15, -0.1) is 0 Å². The van der Waals surface area contributed by atoms with Crippen LogP contribution in [-0.2, 0) is 0 Å². The smallest absolute Gasteiger partial charge is 0.296 e. The van der Waals surface area contributed by atoms with Gasteiger partial charge < -0.3 is 0 Å². The maximum atomic E-state index is 13.6. The van der Waals surface area contributed by atoms with E-state index < -0.39 is 57.2 Å². The number of imide groups is 1. The highest BCUT2D eigenvalue weighted by Crippen LogP contribution is 2.48. The molecule has 13 heteroatoms. The van der Waals surface area contributed by atoms with E-state index in [0.717, 1.165) is 43.4 Å². The molecule has 0 unspecified atom stereocenters. The maximum absolute atomic E-state index is 13.6. The second-order valence-corrected chi connectivity index (χ2v) is 7.24. The molecule has 0 fully saturated rings. The number of rotatable bonds is 4. The van der Waals surface area contributed by atoms with Gasteiger partial charge in [0.2, 0.25) is 0 Å². The zero-order chi connectivity index (χ0) is 22.9. The Kier molecular flexibility index (Phi) is 6.92. The van der Waals surface area contributed by atoms with Crippen LogP contribution >= 0.6 is 23.4 Å². The van der Waals surface area contributed by atoms with Crippen LogP contribution in [0.25, 0.3) is 0 Å². The lowest BCUT2D eigenvalue weighted by molar-refractivity contribution is -0.237. The highest BCUT2D eigenvalue weighted by atomic mass is 35.5. The molecule has 3 amide bonds. The molecule has 0 aliphatic carbocycles. The predicted molar refractivity (Wildman–Crippen MR) is 95.9 cm³/mol. The Bertz CT molecular complexity index is 965. The summed E-state index contributed by atoms with van der Waals surface area (Å²) in [7, 11) is 1.08. The van der Waals surface area contributed by atoms with Crippen molar-refractivity contribution >= 4 is 41.0 Å². The first-order valence-corrected chi connectivity index (χ1v) is 8.90. The van der Waals surface area contributed by atoms with E-state index in [-0.39, 0.29) is 10.7 Å². The number of carbonyl (C=O) groups is 2. The number of anilines is 1. The Morgan fingerprint density at radius 2 is 1.60 bits per heavy atom. The minimum Gasteiger partial charge on any atom is -0.296 e. The van der Waals surface area contributed by atoms with Gasteiger partial charge in [-0.3, -0.25) is 15.0 Å². The van der Waals surface area contributed by atoms with Crippen molar-refractivity contribution in [3.8, 4) is 0 Å². The van der Waals surface area contributed by atoms with Gasteiger partial charge in [0, 0.05) is 11.9 Å². The zero-order valence-electron chi connectivity index (χ0n) is 14.7. The number of nitrogens with one attached hydrogen (secondary N) is 1. The molecule has 2 aromatic carbocycles. The Hall–Kier alpha value is -2.47. The Balaban J connectivity index is 2.17. The van der Waals surface area contributed by atoms with Crippen LogP contribution in [0.4, 0.5) is 41.2 Å². The second kappa shape index (κ2) is 8.72. The first-order chi connectivity index (χ1) is 13.7. The number of hydrogen-bond acceptors (Lipinski definition) is 3. The number of benzene rings is 2. The summed E-state index contributed by atoms with van der Waals surface area (Å²) in [6.45, 7) is 0. The third kappa shape index (κ3) is 5.17. The predicted octanol–water partition coefficient (Wildman–Crippen LogP) is 5.85. The third-order valence-electron chi connectivity index (χ3n) is 3.57. The van der Waals surface area contributed by atoms with Crippen molar-refractivity contribution in [2.75, 3.05) is 11.9 Å². The number of halogens is 8. The largest absolute Gasteiger partial charge is 0.464 e. The summed E-state index contributed by atoms with van der Waals surface area (Å²) in [5, 5.41) is -3.75. The van der Waals surface area contributed by atoms with Crippen LogP contribution in [0.15, 0.2) is 41.3 Å². The Labute approximate surface area is 174 Å². The Morgan fingerprint density at radius 1 is 1.03 bits per heavy atom. The topological polar surface area (TPSA) is 49.4 Å². The third-order valence-corrected chi connectivity index (χ3v) is 4.85. The first kappa shape index (κ1) is 23.8. The van der Waals surface area contributed by atoms with Gasteiger partial charge in [0.05, 0.1) is 10.7 Å². The standard InChI is InChI=1S/C17H10ClF7N2O2S/c1-27(15(29)26-14(28)13-10(19)3-2-4-11(13)20)12-6-5-8(7-9(12)18)30-17(24,25)16(21,22)23/h2-7H,1H3,(H,26,28,29). The molecule has 0 heterocycles. The van der Waals surface area contributed by atoms with Gasteiger partial charge in [0.15, 0.2) is 0 Å². The van der Waals surface area contributed by atoms with Crippen LogP contribution in [0.3, 0.4) is 0 Å². The zero-order valence-corrected chi connectivity index (χ0v) is 16.2. The van der Waals surface area contributed by atoms with Crippen LogP contribution < -0.4 is 10.2 Å². The molecule has 30 heavy (non-hydrogen) atoms. The summed E-state index contributed by atoms with van der Waals surface area (Å²) in [5.74, 6) is -3.82. The number of urea groups is 1. The fourth-order valence-electron chi connectivity index (χ4n) is 2.10. The molecule has 0 aliphatic rings. The van der Waals surface area contributed by atoms with E-state index >= 15 is 0 Å². The number of carbonyl (C=O) groups excluding carboxylic acids is 2. The van der Waals surface area contributed by atoms with Gasteiger partial charge in [0.1, 0.15) is 17.2 Å². The summed E-state index contributed by atoms with van der Waals surface area (Å²) >= 11 is 5.06. The molecule has 0 aromatic heterocycles. The molecular formula is C17H10ClF7N2O2S. The summed E-state index contributed by atoms with van der Waals surface area (Å²) in [6, 6.07) is 4.01. The van der Waals surface area contributed by atoms with E-state index in [1.54, 1.807) is 5.32 Å². The van der Waals surface area contributed by atoms with Crippen molar-refractivity contribution in [1.29, 1.82) is 0 Å². The lowest BCUT2D eigenvalue weighted by atomic mass is 10.2. The molecule has 0 bridgehead atoms.